The minimum Gasteiger partial charge on any atom is -0.444 e. The van der Waals surface area contributed by atoms with Crippen LogP contribution in [0.15, 0.2) is 34.9 Å². The van der Waals surface area contributed by atoms with Gasteiger partial charge in [0.25, 0.3) is 5.91 Å². The summed E-state index contributed by atoms with van der Waals surface area (Å²) in [6, 6.07) is 4.63. The number of aromatic nitrogens is 1. The summed E-state index contributed by atoms with van der Waals surface area (Å²) in [5, 5.41) is 2.96. The highest BCUT2D eigenvalue weighted by Gasteiger charge is 2.30. The van der Waals surface area contributed by atoms with E-state index in [9.17, 15) is 18.0 Å². The molecule has 1 saturated carbocycles. The van der Waals surface area contributed by atoms with E-state index in [0.717, 1.165) is 37.8 Å². The van der Waals surface area contributed by atoms with Crippen LogP contribution in [-0.2, 0) is 6.18 Å². The van der Waals surface area contributed by atoms with Gasteiger partial charge in [-0.15, -0.1) is 0 Å². The van der Waals surface area contributed by atoms with Crippen LogP contribution in [0.2, 0.25) is 0 Å². The number of nitrogens with one attached hydrogen (secondary N) is 1. The molecule has 3 rings (SSSR count). The SMILES string of the molecule is O=C(NC1CCCCCC1)c1coc(-c2ccc(C(F)(F)F)cc2)n1. The molecule has 1 fully saturated rings. The highest BCUT2D eigenvalue weighted by Crippen LogP contribution is 2.30. The van der Waals surface area contributed by atoms with Crippen molar-refractivity contribution in [2.75, 3.05) is 0 Å². The second kappa shape index (κ2) is 7.29. The zero-order valence-electron chi connectivity index (χ0n) is 13.6. The average molecular weight is 352 g/mol. The van der Waals surface area contributed by atoms with Crippen LogP contribution in [0.5, 0.6) is 0 Å². The molecule has 1 aromatic carbocycles. The van der Waals surface area contributed by atoms with Crippen LogP contribution in [-0.4, -0.2) is 16.9 Å². The van der Waals surface area contributed by atoms with Gasteiger partial charge in [-0.3, -0.25) is 4.79 Å². The van der Waals surface area contributed by atoms with Crippen molar-refractivity contribution in [2.45, 2.75) is 50.7 Å². The van der Waals surface area contributed by atoms with E-state index in [2.05, 4.69) is 10.3 Å². The van der Waals surface area contributed by atoms with Crippen molar-refractivity contribution in [3.8, 4) is 11.5 Å². The first kappa shape index (κ1) is 17.5. The van der Waals surface area contributed by atoms with Crippen molar-refractivity contribution in [2.24, 2.45) is 0 Å². The number of carbonyl (C=O) groups is 1. The number of hydrogen-bond acceptors (Lipinski definition) is 3. The second-order valence-electron chi connectivity index (χ2n) is 6.27. The maximum Gasteiger partial charge on any atom is 0.416 e. The molecule has 134 valence electrons. The molecule has 1 aromatic heterocycles. The molecule has 1 amide bonds. The lowest BCUT2D eigenvalue weighted by atomic mass is 10.1. The molecule has 0 radical (unpaired) electrons. The van der Waals surface area contributed by atoms with Crippen molar-refractivity contribution in [3.05, 3.63) is 41.8 Å². The third kappa shape index (κ3) is 4.41. The van der Waals surface area contributed by atoms with Crippen LogP contribution in [0, 0.1) is 0 Å². The minimum atomic E-state index is -4.39. The van der Waals surface area contributed by atoms with Crippen LogP contribution < -0.4 is 5.32 Å². The van der Waals surface area contributed by atoms with Gasteiger partial charge in [0, 0.05) is 11.6 Å². The Morgan fingerprint density at radius 3 is 2.32 bits per heavy atom. The van der Waals surface area contributed by atoms with Gasteiger partial charge < -0.3 is 9.73 Å². The number of carbonyl (C=O) groups excluding carboxylic acids is 1. The van der Waals surface area contributed by atoms with Crippen molar-refractivity contribution >= 4 is 5.91 Å². The van der Waals surface area contributed by atoms with Gasteiger partial charge in [0.2, 0.25) is 5.89 Å². The van der Waals surface area contributed by atoms with Gasteiger partial charge >= 0.3 is 6.18 Å². The molecule has 0 unspecified atom stereocenters. The van der Waals surface area contributed by atoms with Gasteiger partial charge in [0.15, 0.2) is 5.69 Å². The zero-order chi connectivity index (χ0) is 17.9. The largest absolute Gasteiger partial charge is 0.444 e. The van der Waals surface area contributed by atoms with Crippen LogP contribution in [0.4, 0.5) is 13.2 Å². The summed E-state index contributed by atoms with van der Waals surface area (Å²) in [6.45, 7) is 0. The van der Waals surface area contributed by atoms with Crippen LogP contribution >= 0.6 is 0 Å². The summed E-state index contributed by atoms with van der Waals surface area (Å²) >= 11 is 0. The van der Waals surface area contributed by atoms with Crippen LogP contribution in [0.3, 0.4) is 0 Å². The van der Waals surface area contributed by atoms with E-state index in [1.54, 1.807) is 0 Å². The predicted molar refractivity (Wildman–Crippen MR) is 85.9 cm³/mol. The Kier molecular flexibility index (Phi) is 5.11. The molecule has 0 saturated heterocycles. The molecule has 1 heterocycles. The Balaban J connectivity index is 1.68. The van der Waals surface area contributed by atoms with Crippen molar-refractivity contribution < 1.29 is 22.4 Å². The third-order valence-corrected chi connectivity index (χ3v) is 4.39. The molecule has 1 N–H and O–H groups in total. The summed E-state index contributed by atoms with van der Waals surface area (Å²) in [6.07, 6.45) is 3.33. The van der Waals surface area contributed by atoms with E-state index in [-0.39, 0.29) is 23.5 Å². The van der Waals surface area contributed by atoms with E-state index in [1.807, 2.05) is 0 Å². The van der Waals surface area contributed by atoms with Gasteiger partial charge in [-0.1, -0.05) is 25.7 Å². The number of nitrogens with zero attached hydrogens (tertiary/aromatic N) is 1. The zero-order valence-corrected chi connectivity index (χ0v) is 13.6. The first-order valence-electron chi connectivity index (χ1n) is 8.37. The molecule has 2 aromatic rings. The van der Waals surface area contributed by atoms with Crippen molar-refractivity contribution in [3.63, 3.8) is 0 Å². The normalized spacial score (nSPS) is 16.4. The van der Waals surface area contributed by atoms with Gasteiger partial charge in [-0.25, -0.2) is 4.98 Å². The Morgan fingerprint density at radius 2 is 1.72 bits per heavy atom. The molecule has 0 atom stereocenters. The standard InChI is InChI=1S/C18H19F3N2O2/c19-18(20,21)13-9-7-12(8-10-13)17-23-15(11-25-17)16(24)22-14-5-3-1-2-4-6-14/h7-11,14H,1-6H2,(H,22,24). The summed E-state index contributed by atoms with van der Waals surface area (Å²) < 4.78 is 43.0. The first-order chi connectivity index (χ1) is 11.9. The van der Waals surface area contributed by atoms with Crippen LogP contribution in [0.1, 0.15) is 54.6 Å². The fourth-order valence-electron chi connectivity index (χ4n) is 3.00. The van der Waals surface area contributed by atoms with Crippen molar-refractivity contribution in [1.29, 1.82) is 0 Å². The molecule has 1 aliphatic carbocycles. The highest BCUT2D eigenvalue weighted by atomic mass is 19.4. The monoisotopic (exact) mass is 352 g/mol. The van der Waals surface area contributed by atoms with E-state index in [0.29, 0.717) is 5.56 Å². The molecular formula is C18H19F3N2O2. The molecular weight excluding hydrogens is 333 g/mol. The van der Waals surface area contributed by atoms with E-state index >= 15 is 0 Å². The van der Waals surface area contributed by atoms with Gasteiger partial charge in [-0.05, 0) is 37.1 Å². The number of rotatable bonds is 3. The summed E-state index contributed by atoms with van der Waals surface area (Å²) in [7, 11) is 0. The first-order valence-corrected chi connectivity index (χ1v) is 8.37. The van der Waals surface area contributed by atoms with E-state index < -0.39 is 11.7 Å². The van der Waals surface area contributed by atoms with Gasteiger partial charge in [0.1, 0.15) is 6.26 Å². The smallest absolute Gasteiger partial charge is 0.416 e. The fraction of sp³-hybridized carbons (Fsp3) is 0.444. The number of oxazole rings is 1. The summed E-state index contributed by atoms with van der Waals surface area (Å²) in [4.78, 5) is 16.4. The topological polar surface area (TPSA) is 55.1 Å². The number of hydrogen-bond donors (Lipinski definition) is 1. The van der Waals surface area contributed by atoms with E-state index in [4.69, 9.17) is 4.42 Å². The fourth-order valence-corrected chi connectivity index (χ4v) is 3.00. The second-order valence-corrected chi connectivity index (χ2v) is 6.27. The molecule has 1 aliphatic rings. The molecule has 4 nitrogen and oxygen atoms in total. The molecule has 0 bridgehead atoms. The van der Waals surface area contributed by atoms with Crippen LogP contribution in [0.25, 0.3) is 11.5 Å². The predicted octanol–water partition coefficient (Wildman–Crippen LogP) is 4.81. The number of benzene rings is 1. The summed E-state index contributed by atoms with van der Waals surface area (Å²) in [5.74, 6) is -0.187. The molecule has 25 heavy (non-hydrogen) atoms. The molecule has 7 heteroatoms. The third-order valence-electron chi connectivity index (χ3n) is 4.39. The minimum absolute atomic E-state index is 0.125. The Bertz CT molecular complexity index is 715. The lowest BCUT2D eigenvalue weighted by Gasteiger charge is -2.14. The highest BCUT2D eigenvalue weighted by molar-refractivity contribution is 5.92. The molecule has 0 aliphatic heterocycles. The van der Waals surface area contributed by atoms with Gasteiger partial charge in [-0.2, -0.15) is 13.2 Å². The lowest BCUT2D eigenvalue weighted by Crippen LogP contribution is -2.34. The Labute approximate surface area is 143 Å². The maximum atomic E-state index is 12.6. The maximum absolute atomic E-state index is 12.6. The van der Waals surface area contributed by atoms with E-state index in [1.165, 1.54) is 31.2 Å². The van der Waals surface area contributed by atoms with Crippen molar-refractivity contribution in [1.82, 2.24) is 10.3 Å². The lowest BCUT2D eigenvalue weighted by molar-refractivity contribution is -0.137. The summed E-state index contributed by atoms with van der Waals surface area (Å²) in [5.41, 5.74) is -0.213. The number of amides is 1. The Morgan fingerprint density at radius 1 is 1.08 bits per heavy atom. The van der Waals surface area contributed by atoms with Gasteiger partial charge in [0.05, 0.1) is 5.56 Å². The number of alkyl halides is 3. The Hall–Kier alpha value is -2.31. The average Bonchev–Trinajstić information content (AvgIpc) is 2.94. The number of halogens is 3. The quantitative estimate of drug-likeness (QED) is 0.806. The molecule has 0 spiro atoms.